The third-order valence-corrected chi connectivity index (χ3v) is 6.37. The molecule has 11 nitrogen and oxygen atoms in total. The van der Waals surface area contributed by atoms with E-state index in [0.717, 1.165) is 0 Å². The third-order valence-electron chi connectivity index (χ3n) is 4.65. The number of urea groups is 1. The van der Waals surface area contributed by atoms with Gasteiger partial charge in [0.25, 0.3) is 5.95 Å². The zero-order valence-electron chi connectivity index (χ0n) is 18.1. The Morgan fingerprint density at radius 2 is 1.88 bits per heavy atom. The SMILES string of the molecule is CC(C)(C)NS(=O)(=O)c1cncc(-c2ccc3nc(NC(=O)N4CCOCC4)nn3c2)c1. The van der Waals surface area contributed by atoms with Gasteiger partial charge in [-0.2, -0.15) is 4.98 Å². The molecule has 2 N–H and O–H groups in total. The minimum absolute atomic E-state index is 0.0714. The number of carbonyl (C=O) groups is 1. The second-order valence-corrected chi connectivity index (χ2v) is 10.1. The highest BCUT2D eigenvalue weighted by molar-refractivity contribution is 7.89. The van der Waals surface area contributed by atoms with Crippen molar-refractivity contribution >= 4 is 27.6 Å². The number of fused-ring (bicyclic) bond motifs is 1. The summed E-state index contributed by atoms with van der Waals surface area (Å²) in [5, 5.41) is 7.02. The van der Waals surface area contributed by atoms with Crippen LogP contribution in [-0.4, -0.2) is 70.8 Å². The first kappa shape index (κ1) is 22.1. The number of morpholine rings is 1. The first-order chi connectivity index (χ1) is 15.1. The Kier molecular flexibility index (Phi) is 5.84. The van der Waals surface area contributed by atoms with Gasteiger partial charge in [-0.05, 0) is 39.0 Å². The van der Waals surface area contributed by atoms with Crippen LogP contribution in [0.1, 0.15) is 20.8 Å². The van der Waals surface area contributed by atoms with Gasteiger partial charge in [-0.1, -0.05) is 0 Å². The van der Waals surface area contributed by atoms with Crippen LogP contribution in [0.4, 0.5) is 10.7 Å². The van der Waals surface area contributed by atoms with Crippen LogP contribution >= 0.6 is 0 Å². The van der Waals surface area contributed by atoms with Crippen LogP contribution in [0, 0.1) is 0 Å². The van der Waals surface area contributed by atoms with Crippen molar-refractivity contribution in [1.82, 2.24) is 29.2 Å². The van der Waals surface area contributed by atoms with Crippen molar-refractivity contribution in [1.29, 1.82) is 0 Å². The predicted molar refractivity (Wildman–Crippen MR) is 118 cm³/mol. The molecule has 0 aliphatic carbocycles. The molecule has 3 aromatic rings. The fourth-order valence-electron chi connectivity index (χ4n) is 3.23. The number of nitrogens with one attached hydrogen (secondary N) is 2. The minimum atomic E-state index is -3.72. The largest absolute Gasteiger partial charge is 0.378 e. The van der Waals surface area contributed by atoms with E-state index in [1.807, 2.05) is 0 Å². The topological polar surface area (TPSA) is 131 Å². The highest BCUT2D eigenvalue weighted by Crippen LogP contribution is 2.23. The maximum absolute atomic E-state index is 12.6. The third kappa shape index (κ3) is 5.03. The summed E-state index contributed by atoms with van der Waals surface area (Å²) in [4.78, 5) is 22.5. The molecule has 4 rings (SSSR count). The molecule has 0 spiro atoms. The van der Waals surface area contributed by atoms with E-state index in [1.54, 1.807) is 56.3 Å². The number of anilines is 1. The lowest BCUT2D eigenvalue weighted by molar-refractivity contribution is 0.0564. The maximum Gasteiger partial charge on any atom is 0.324 e. The Balaban J connectivity index is 1.57. The normalized spacial score (nSPS) is 15.2. The van der Waals surface area contributed by atoms with Gasteiger partial charge in [0.05, 0.1) is 13.2 Å². The molecule has 32 heavy (non-hydrogen) atoms. The van der Waals surface area contributed by atoms with E-state index in [-0.39, 0.29) is 16.9 Å². The molecule has 4 heterocycles. The Hall–Kier alpha value is -3.09. The number of hydrogen-bond donors (Lipinski definition) is 2. The molecule has 1 aliphatic heterocycles. The lowest BCUT2D eigenvalue weighted by Crippen LogP contribution is -2.43. The quantitative estimate of drug-likeness (QED) is 0.607. The smallest absolute Gasteiger partial charge is 0.324 e. The van der Waals surface area contributed by atoms with Crippen LogP contribution in [0.2, 0.25) is 0 Å². The van der Waals surface area contributed by atoms with Crippen molar-refractivity contribution in [2.24, 2.45) is 0 Å². The average Bonchev–Trinajstić information content (AvgIpc) is 3.14. The van der Waals surface area contributed by atoms with Gasteiger partial charge in [0.15, 0.2) is 5.65 Å². The summed E-state index contributed by atoms with van der Waals surface area (Å²) in [6, 6.07) is 4.81. The van der Waals surface area contributed by atoms with Crippen molar-refractivity contribution in [3.8, 4) is 11.1 Å². The molecule has 0 bridgehead atoms. The molecule has 0 saturated carbocycles. The first-order valence-electron chi connectivity index (χ1n) is 10.1. The summed E-state index contributed by atoms with van der Waals surface area (Å²) < 4.78 is 34.7. The average molecular weight is 460 g/mol. The lowest BCUT2D eigenvalue weighted by Gasteiger charge is -2.26. The molecule has 170 valence electrons. The Morgan fingerprint density at radius 1 is 1.12 bits per heavy atom. The zero-order chi connectivity index (χ0) is 22.9. The molecular weight excluding hydrogens is 434 g/mol. The number of aromatic nitrogens is 4. The standard InChI is InChI=1S/C20H25N7O4S/c1-20(2,3)25-32(29,30)16-10-15(11-21-12-16)14-4-5-17-22-18(24-27(17)13-14)23-19(28)26-6-8-31-9-7-26/h4-5,10-13,25H,6-9H2,1-3H3,(H,23,24,28). The Labute approximate surface area is 185 Å². The molecule has 1 aliphatic rings. The van der Waals surface area contributed by atoms with E-state index < -0.39 is 15.6 Å². The van der Waals surface area contributed by atoms with Gasteiger partial charge in [-0.3, -0.25) is 10.3 Å². The molecule has 3 aromatic heterocycles. The summed E-state index contributed by atoms with van der Waals surface area (Å²) in [7, 11) is -3.72. The van der Waals surface area contributed by atoms with Crippen molar-refractivity contribution in [3.05, 3.63) is 36.8 Å². The second kappa shape index (κ2) is 8.45. The van der Waals surface area contributed by atoms with Gasteiger partial charge in [-0.25, -0.2) is 22.4 Å². The van der Waals surface area contributed by atoms with E-state index in [0.29, 0.717) is 43.1 Å². The first-order valence-corrected chi connectivity index (χ1v) is 11.6. The monoisotopic (exact) mass is 459 g/mol. The number of amides is 2. The highest BCUT2D eigenvalue weighted by Gasteiger charge is 2.23. The number of ether oxygens (including phenoxy) is 1. The van der Waals surface area contributed by atoms with Gasteiger partial charge >= 0.3 is 6.03 Å². The molecule has 0 aromatic carbocycles. The van der Waals surface area contributed by atoms with Crippen LogP contribution < -0.4 is 10.0 Å². The molecule has 1 fully saturated rings. The van der Waals surface area contributed by atoms with E-state index in [2.05, 4.69) is 25.1 Å². The molecule has 2 amide bonds. The summed E-state index contributed by atoms with van der Waals surface area (Å²) in [5.41, 5.74) is 1.24. The van der Waals surface area contributed by atoms with Crippen LogP contribution in [0.3, 0.4) is 0 Å². The summed E-state index contributed by atoms with van der Waals surface area (Å²) in [6.45, 7) is 7.36. The summed E-state index contributed by atoms with van der Waals surface area (Å²) in [5.74, 6) is 0.183. The van der Waals surface area contributed by atoms with Gasteiger partial charge in [0, 0.05) is 48.3 Å². The van der Waals surface area contributed by atoms with Gasteiger partial charge in [-0.15, -0.1) is 5.10 Å². The zero-order valence-corrected chi connectivity index (χ0v) is 18.9. The van der Waals surface area contributed by atoms with Crippen LogP contribution in [0.15, 0.2) is 41.7 Å². The molecular formula is C20H25N7O4S. The number of nitrogens with zero attached hydrogens (tertiary/aromatic N) is 5. The minimum Gasteiger partial charge on any atom is -0.378 e. The molecule has 0 unspecified atom stereocenters. The number of carbonyl (C=O) groups excluding carboxylic acids is 1. The van der Waals surface area contributed by atoms with E-state index >= 15 is 0 Å². The second-order valence-electron chi connectivity index (χ2n) is 8.45. The highest BCUT2D eigenvalue weighted by atomic mass is 32.2. The fourth-order valence-corrected chi connectivity index (χ4v) is 4.64. The van der Waals surface area contributed by atoms with Crippen LogP contribution in [0.5, 0.6) is 0 Å². The van der Waals surface area contributed by atoms with Crippen molar-refractivity contribution in [2.75, 3.05) is 31.6 Å². The van der Waals surface area contributed by atoms with Gasteiger partial charge in [0.1, 0.15) is 4.90 Å². The van der Waals surface area contributed by atoms with Crippen molar-refractivity contribution in [2.45, 2.75) is 31.2 Å². The fraction of sp³-hybridized carbons (Fsp3) is 0.400. The van der Waals surface area contributed by atoms with E-state index in [9.17, 15) is 13.2 Å². The summed E-state index contributed by atoms with van der Waals surface area (Å²) >= 11 is 0. The van der Waals surface area contributed by atoms with E-state index in [4.69, 9.17) is 4.74 Å². The van der Waals surface area contributed by atoms with Gasteiger partial charge in [0.2, 0.25) is 10.0 Å². The Bertz CT molecular complexity index is 1240. The van der Waals surface area contributed by atoms with E-state index in [1.165, 1.54) is 10.7 Å². The predicted octanol–water partition coefficient (Wildman–Crippen LogP) is 1.73. The van der Waals surface area contributed by atoms with Crippen molar-refractivity contribution in [3.63, 3.8) is 0 Å². The number of sulfonamides is 1. The molecule has 0 atom stereocenters. The number of rotatable bonds is 4. The number of pyridine rings is 2. The molecule has 12 heteroatoms. The Morgan fingerprint density at radius 3 is 2.59 bits per heavy atom. The van der Waals surface area contributed by atoms with Gasteiger partial charge < -0.3 is 9.64 Å². The number of hydrogen-bond acceptors (Lipinski definition) is 7. The van der Waals surface area contributed by atoms with Crippen LogP contribution in [0.25, 0.3) is 16.8 Å². The maximum atomic E-state index is 12.6. The summed E-state index contributed by atoms with van der Waals surface area (Å²) in [6.07, 6.45) is 4.59. The molecule has 0 radical (unpaired) electrons. The van der Waals surface area contributed by atoms with Crippen molar-refractivity contribution < 1.29 is 17.9 Å². The van der Waals surface area contributed by atoms with Crippen LogP contribution in [-0.2, 0) is 14.8 Å². The molecule has 1 saturated heterocycles. The lowest BCUT2D eigenvalue weighted by atomic mass is 10.1.